The van der Waals surface area contributed by atoms with Crippen LogP contribution in [0, 0.1) is 17.7 Å². The standard InChI is InChI=1S/C22H30FNO5S/c23-15-7-5-8-16-21(15)30-22(24-16)17(25)11-10-14-13(18(26)12-19(14)27)6-3-1-2-4-9-20(28)29/h5,7-8,13-14,17-19,25-27H,1-4,6,9-12H2,(H,28,29)/t13?,14?,17?,18-,19+/m0/s1. The van der Waals surface area contributed by atoms with Gasteiger partial charge in [-0.25, -0.2) is 9.37 Å². The van der Waals surface area contributed by atoms with E-state index in [4.69, 9.17) is 5.11 Å². The van der Waals surface area contributed by atoms with Crippen LogP contribution in [0.4, 0.5) is 4.39 Å². The van der Waals surface area contributed by atoms with Gasteiger partial charge in [-0.3, -0.25) is 4.79 Å². The van der Waals surface area contributed by atoms with Gasteiger partial charge in [-0.2, -0.15) is 0 Å². The minimum Gasteiger partial charge on any atom is -0.481 e. The molecule has 4 N–H and O–H groups in total. The van der Waals surface area contributed by atoms with Crippen molar-refractivity contribution in [2.45, 2.75) is 76.1 Å². The molecular weight excluding hydrogens is 409 g/mol. The summed E-state index contributed by atoms with van der Waals surface area (Å²) >= 11 is 1.15. The minimum atomic E-state index is -0.830. The number of rotatable bonds is 11. The number of hydrogen-bond acceptors (Lipinski definition) is 6. The van der Waals surface area contributed by atoms with E-state index >= 15 is 0 Å². The first kappa shape index (κ1) is 23.1. The highest BCUT2D eigenvalue weighted by atomic mass is 32.1. The van der Waals surface area contributed by atoms with E-state index in [0.29, 0.717) is 40.9 Å². The van der Waals surface area contributed by atoms with Crippen LogP contribution in [0.15, 0.2) is 18.2 Å². The quantitative estimate of drug-likeness (QED) is 0.394. The van der Waals surface area contributed by atoms with Crippen molar-refractivity contribution in [3.05, 3.63) is 29.0 Å². The van der Waals surface area contributed by atoms with Crippen molar-refractivity contribution < 1.29 is 29.6 Å². The topological polar surface area (TPSA) is 111 Å². The van der Waals surface area contributed by atoms with Crippen LogP contribution in [0.25, 0.3) is 10.2 Å². The lowest BCUT2D eigenvalue weighted by molar-refractivity contribution is -0.137. The fraction of sp³-hybridized carbons (Fsp3) is 0.636. The first-order chi connectivity index (χ1) is 14.4. The van der Waals surface area contributed by atoms with Gasteiger partial charge in [-0.1, -0.05) is 25.3 Å². The summed E-state index contributed by atoms with van der Waals surface area (Å²) in [5.41, 5.74) is 0.533. The second kappa shape index (κ2) is 10.6. The third kappa shape index (κ3) is 5.75. The molecule has 166 valence electrons. The Morgan fingerprint density at radius 1 is 1.13 bits per heavy atom. The van der Waals surface area contributed by atoms with E-state index in [2.05, 4.69) is 4.98 Å². The number of hydrogen-bond donors (Lipinski definition) is 4. The molecule has 0 spiro atoms. The summed E-state index contributed by atoms with van der Waals surface area (Å²) in [4.78, 5) is 14.9. The highest BCUT2D eigenvalue weighted by molar-refractivity contribution is 7.18. The van der Waals surface area contributed by atoms with Gasteiger partial charge in [-0.05, 0) is 56.1 Å². The van der Waals surface area contributed by atoms with Crippen LogP contribution in [-0.2, 0) is 4.79 Å². The Morgan fingerprint density at radius 2 is 1.83 bits per heavy atom. The molecule has 1 aliphatic carbocycles. The number of unbranched alkanes of at least 4 members (excludes halogenated alkanes) is 3. The first-order valence-corrected chi connectivity index (χ1v) is 11.5. The van der Waals surface area contributed by atoms with Gasteiger partial charge in [0, 0.05) is 6.42 Å². The molecular formula is C22H30FNO5S. The molecule has 30 heavy (non-hydrogen) atoms. The number of nitrogens with zero attached hydrogens (tertiary/aromatic N) is 1. The van der Waals surface area contributed by atoms with Crippen molar-refractivity contribution in [2.75, 3.05) is 0 Å². The van der Waals surface area contributed by atoms with Gasteiger partial charge in [0.25, 0.3) is 0 Å². The molecule has 6 nitrogen and oxygen atoms in total. The summed E-state index contributed by atoms with van der Waals surface area (Å²) in [5.74, 6) is -1.25. The van der Waals surface area contributed by atoms with E-state index in [1.165, 1.54) is 6.07 Å². The molecule has 5 atom stereocenters. The summed E-state index contributed by atoms with van der Waals surface area (Å²) in [6.45, 7) is 0. The molecule has 0 saturated heterocycles. The number of thiazole rings is 1. The highest BCUT2D eigenvalue weighted by Gasteiger charge is 2.41. The number of aliphatic hydroxyl groups is 3. The number of fused-ring (bicyclic) bond motifs is 1. The molecule has 0 aliphatic heterocycles. The summed E-state index contributed by atoms with van der Waals surface area (Å²) in [6.07, 6.45) is 3.54. The van der Waals surface area contributed by atoms with Crippen molar-refractivity contribution in [2.24, 2.45) is 11.8 Å². The van der Waals surface area contributed by atoms with Crippen molar-refractivity contribution in [3.63, 3.8) is 0 Å². The van der Waals surface area contributed by atoms with Crippen molar-refractivity contribution in [3.8, 4) is 0 Å². The highest BCUT2D eigenvalue weighted by Crippen LogP contribution is 2.40. The number of benzene rings is 1. The molecule has 0 bridgehead atoms. The van der Waals surface area contributed by atoms with E-state index in [1.807, 2.05) is 0 Å². The number of aromatic nitrogens is 1. The monoisotopic (exact) mass is 439 g/mol. The van der Waals surface area contributed by atoms with Crippen molar-refractivity contribution in [1.29, 1.82) is 0 Å². The number of carbonyl (C=O) groups is 1. The second-order valence-corrected chi connectivity index (χ2v) is 9.31. The van der Waals surface area contributed by atoms with Gasteiger partial charge in [0.2, 0.25) is 0 Å². The van der Waals surface area contributed by atoms with Crippen LogP contribution in [0.2, 0.25) is 0 Å². The Kier molecular flexibility index (Phi) is 8.16. The molecule has 1 heterocycles. The molecule has 0 radical (unpaired) electrons. The summed E-state index contributed by atoms with van der Waals surface area (Å²) in [6, 6.07) is 4.68. The smallest absolute Gasteiger partial charge is 0.303 e. The Bertz CT molecular complexity index is 844. The van der Waals surface area contributed by atoms with E-state index in [-0.39, 0.29) is 24.1 Å². The molecule has 3 rings (SSSR count). The van der Waals surface area contributed by atoms with Crippen LogP contribution in [-0.4, -0.2) is 43.6 Å². The van der Waals surface area contributed by atoms with E-state index in [0.717, 1.165) is 37.0 Å². The number of aliphatic hydroxyl groups excluding tert-OH is 3. The Morgan fingerprint density at radius 3 is 2.53 bits per heavy atom. The van der Waals surface area contributed by atoms with Crippen molar-refractivity contribution in [1.82, 2.24) is 4.98 Å². The number of aliphatic carboxylic acids is 1. The average molecular weight is 440 g/mol. The zero-order valence-corrected chi connectivity index (χ0v) is 17.7. The van der Waals surface area contributed by atoms with Gasteiger partial charge >= 0.3 is 5.97 Å². The van der Waals surface area contributed by atoms with Crippen LogP contribution in [0.5, 0.6) is 0 Å². The van der Waals surface area contributed by atoms with E-state index in [9.17, 15) is 24.5 Å². The number of halogens is 1. The maximum Gasteiger partial charge on any atom is 0.303 e. The maximum atomic E-state index is 13.9. The predicted molar refractivity (Wildman–Crippen MR) is 113 cm³/mol. The molecule has 3 unspecified atom stereocenters. The Labute approximate surface area is 179 Å². The summed E-state index contributed by atoms with van der Waals surface area (Å²) < 4.78 is 14.3. The van der Waals surface area contributed by atoms with Crippen LogP contribution < -0.4 is 0 Å². The van der Waals surface area contributed by atoms with Gasteiger partial charge < -0.3 is 20.4 Å². The third-order valence-corrected chi connectivity index (χ3v) is 7.32. The molecule has 1 fully saturated rings. The Hall–Kier alpha value is -1.61. The molecule has 1 aromatic heterocycles. The lowest BCUT2D eigenvalue weighted by atomic mass is 9.85. The van der Waals surface area contributed by atoms with Crippen LogP contribution >= 0.6 is 11.3 Å². The number of carboxylic acids is 1. The fourth-order valence-electron chi connectivity index (χ4n) is 4.54. The largest absolute Gasteiger partial charge is 0.481 e. The summed E-state index contributed by atoms with van der Waals surface area (Å²) in [7, 11) is 0. The average Bonchev–Trinajstić information content (AvgIpc) is 3.24. The first-order valence-electron chi connectivity index (χ1n) is 10.7. The maximum absolute atomic E-state index is 13.9. The van der Waals surface area contributed by atoms with Gasteiger partial charge in [0.1, 0.15) is 16.9 Å². The Balaban J connectivity index is 1.51. The SMILES string of the molecule is O=C(O)CCCCCCC1C(CCC(O)c2nc3cccc(F)c3s2)[C@H](O)C[C@@H]1O. The lowest BCUT2D eigenvalue weighted by Gasteiger charge is -2.24. The van der Waals surface area contributed by atoms with Gasteiger partial charge in [0.05, 0.1) is 22.4 Å². The van der Waals surface area contributed by atoms with Gasteiger partial charge in [-0.15, -0.1) is 11.3 Å². The second-order valence-electron chi connectivity index (χ2n) is 8.28. The zero-order chi connectivity index (χ0) is 21.7. The molecule has 8 heteroatoms. The molecule has 1 saturated carbocycles. The van der Waals surface area contributed by atoms with Crippen LogP contribution in [0.1, 0.15) is 68.9 Å². The van der Waals surface area contributed by atoms with Crippen molar-refractivity contribution >= 4 is 27.5 Å². The zero-order valence-electron chi connectivity index (χ0n) is 16.9. The molecule has 0 amide bonds. The van der Waals surface area contributed by atoms with E-state index in [1.54, 1.807) is 12.1 Å². The predicted octanol–water partition coefficient (Wildman–Crippen LogP) is 4.03. The van der Waals surface area contributed by atoms with Gasteiger partial charge in [0.15, 0.2) is 0 Å². The van der Waals surface area contributed by atoms with Crippen LogP contribution in [0.3, 0.4) is 0 Å². The molecule has 1 aliphatic rings. The number of carboxylic acid groups (broad SMARTS) is 1. The summed E-state index contributed by atoms with van der Waals surface area (Å²) in [5, 5.41) is 40.5. The fourth-order valence-corrected chi connectivity index (χ4v) is 5.53. The van der Waals surface area contributed by atoms with E-state index < -0.39 is 24.3 Å². The third-order valence-electron chi connectivity index (χ3n) is 6.14. The molecule has 2 aromatic rings. The molecule has 1 aromatic carbocycles. The minimum absolute atomic E-state index is 0.0283. The lowest BCUT2D eigenvalue weighted by Crippen LogP contribution is -2.23. The normalized spacial score (nSPS) is 25.1.